The molecular formula is C26H37NO3. The Morgan fingerprint density at radius 2 is 1.93 bits per heavy atom. The van der Waals surface area contributed by atoms with E-state index < -0.39 is 0 Å². The third kappa shape index (κ3) is 4.00. The Morgan fingerprint density at radius 1 is 1.07 bits per heavy atom. The molecular weight excluding hydrogens is 374 g/mol. The average Bonchev–Trinajstić information content (AvgIpc) is 2.79. The van der Waals surface area contributed by atoms with Crippen LogP contribution in [0.4, 0.5) is 0 Å². The highest BCUT2D eigenvalue weighted by atomic mass is 16.7. The van der Waals surface area contributed by atoms with Gasteiger partial charge in [0.25, 0.3) is 0 Å². The number of ether oxygens (including phenoxy) is 2. The fourth-order valence-electron chi connectivity index (χ4n) is 7.03. The molecule has 1 aromatic rings. The highest BCUT2D eigenvalue weighted by molar-refractivity contribution is 5.69. The van der Waals surface area contributed by atoms with Crippen molar-refractivity contribution in [3.63, 3.8) is 0 Å². The van der Waals surface area contributed by atoms with Gasteiger partial charge in [0.15, 0.2) is 0 Å². The minimum absolute atomic E-state index is 0.0307. The Balaban J connectivity index is 1.18. The van der Waals surface area contributed by atoms with Crippen molar-refractivity contribution in [2.24, 2.45) is 11.8 Å². The molecule has 0 amide bonds. The first-order valence-corrected chi connectivity index (χ1v) is 12.4. The summed E-state index contributed by atoms with van der Waals surface area (Å²) in [5.74, 6) is 2.21. The summed E-state index contributed by atoms with van der Waals surface area (Å²) < 4.78 is 11.3. The van der Waals surface area contributed by atoms with Crippen LogP contribution < -0.4 is 10.1 Å². The molecule has 0 unspecified atom stereocenters. The van der Waals surface area contributed by atoms with Crippen LogP contribution in [0.25, 0.3) is 0 Å². The first-order chi connectivity index (χ1) is 14.7. The zero-order valence-corrected chi connectivity index (χ0v) is 18.3. The van der Waals surface area contributed by atoms with Crippen molar-refractivity contribution in [1.29, 1.82) is 0 Å². The van der Waals surface area contributed by atoms with Gasteiger partial charge in [-0.2, -0.15) is 0 Å². The fraction of sp³-hybridized carbons (Fsp3) is 0.731. The van der Waals surface area contributed by atoms with Gasteiger partial charge in [-0.25, -0.2) is 0 Å². The molecule has 30 heavy (non-hydrogen) atoms. The number of fused-ring (bicyclic) bond motifs is 1. The van der Waals surface area contributed by atoms with Crippen molar-refractivity contribution in [2.45, 2.75) is 94.9 Å². The molecule has 1 aromatic carbocycles. The van der Waals surface area contributed by atoms with Gasteiger partial charge in [0.1, 0.15) is 5.75 Å². The van der Waals surface area contributed by atoms with E-state index in [9.17, 15) is 4.79 Å². The fourth-order valence-corrected chi connectivity index (χ4v) is 7.03. The van der Waals surface area contributed by atoms with Crippen molar-refractivity contribution in [1.82, 2.24) is 5.32 Å². The highest BCUT2D eigenvalue weighted by Gasteiger charge is 2.51. The molecule has 4 nitrogen and oxygen atoms in total. The molecule has 2 bridgehead atoms. The van der Waals surface area contributed by atoms with Gasteiger partial charge < -0.3 is 14.8 Å². The normalized spacial score (nSPS) is 30.8. The zero-order valence-electron chi connectivity index (χ0n) is 18.3. The SMILES string of the molecule is O=C(CCC1CCCCC1)OCOc1ccc2c(c1)[C@]13CCCC[C@@H]1[C@H](C2)NCC3. The molecule has 3 atom stereocenters. The molecule has 0 spiro atoms. The summed E-state index contributed by atoms with van der Waals surface area (Å²) in [4.78, 5) is 12.1. The summed E-state index contributed by atoms with van der Waals surface area (Å²) in [5, 5.41) is 3.79. The van der Waals surface area contributed by atoms with Crippen molar-refractivity contribution < 1.29 is 14.3 Å². The monoisotopic (exact) mass is 411 g/mol. The number of piperidine rings is 1. The van der Waals surface area contributed by atoms with Crippen molar-refractivity contribution in [3.8, 4) is 5.75 Å². The third-order valence-electron chi connectivity index (χ3n) is 8.55. The van der Waals surface area contributed by atoms with Crippen molar-refractivity contribution >= 4 is 5.97 Å². The standard InChI is InChI=1S/C26H37NO3/c28-25(12-9-19-6-2-1-3-7-19)30-18-29-21-11-10-20-16-24-22-8-4-5-13-26(22,14-15-27-24)23(20)17-21/h10-11,17,19,22,24,27H,1-9,12-16,18H2/t22-,24+,26+/m1/s1. The van der Waals surface area contributed by atoms with E-state index in [1.165, 1.54) is 75.3 Å². The van der Waals surface area contributed by atoms with E-state index in [0.29, 0.717) is 23.8 Å². The number of carbonyl (C=O) groups is 1. The number of rotatable bonds is 6. The second-order valence-corrected chi connectivity index (χ2v) is 10.2. The Morgan fingerprint density at radius 3 is 2.83 bits per heavy atom. The van der Waals surface area contributed by atoms with E-state index in [-0.39, 0.29) is 12.8 Å². The molecule has 2 saturated carbocycles. The van der Waals surface area contributed by atoms with Crippen LogP contribution in [0, 0.1) is 11.8 Å². The minimum atomic E-state index is -0.120. The van der Waals surface area contributed by atoms with Crippen LogP contribution in [-0.4, -0.2) is 25.3 Å². The predicted octanol–water partition coefficient (Wildman–Crippen LogP) is 5.27. The lowest BCUT2D eigenvalue weighted by Gasteiger charge is -2.56. The van der Waals surface area contributed by atoms with E-state index in [1.54, 1.807) is 0 Å². The van der Waals surface area contributed by atoms with Crippen molar-refractivity contribution in [2.75, 3.05) is 13.3 Å². The Kier molecular flexibility index (Phi) is 6.04. The van der Waals surface area contributed by atoms with Gasteiger partial charge in [0.2, 0.25) is 6.79 Å². The first-order valence-electron chi connectivity index (χ1n) is 12.4. The molecule has 3 aliphatic carbocycles. The third-order valence-corrected chi connectivity index (χ3v) is 8.55. The number of carbonyl (C=O) groups excluding carboxylic acids is 1. The second kappa shape index (κ2) is 8.90. The largest absolute Gasteiger partial charge is 0.457 e. The lowest BCUT2D eigenvalue weighted by molar-refractivity contribution is -0.150. The smallest absolute Gasteiger partial charge is 0.308 e. The zero-order chi connectivity index (χ0) is 20.4. The van der Waals surface area contributed by atoms with Gasteiger partial charge in [0.05, 0.1) is 0 Å². The van der Waals surface area contributed by atoms with Crippen LogP contribution in [0.3, 0.4) is 0 Å². The van der Waals surface area contributed by atoms with Crippen LogP contribution in [-0.2, 0) is 21.4 Å². The van der Waals surface area contributed by atoms with Crippen LogP contribution in [0.5, 0.6) is 5.75 Å². The number of benzene rings is 1. The molecule has 164 valence electrons. The van der Waals surface area contributed by atoms with Crippen molar-refractivity contribution in [3.05, 3.63) is 29.3 Å². The highest BCUT2D eigenvalue weighted by Crippen LogP contribution is 2.54. The molecule has 0 aromatic heterocycles. The van der Waals surface area contributed by atoms with E-state index >= 15 is 0 Å². The maximum Gasteiger partial charge on any atom is 0.308 e. The molecule has 1 saturated heterocycles. The Bertz CT molecular complexity index is 753. The molecule has 4 aliphatic rings. The Labute approximate surface area is 181 Å². The number of nitrogens with one attached hydrogen (secondary N) is 1. The molecule has 4 heteroatoms. The molecule has 5 rings (SSSR count). The van der Waals surface area contributed by atoms with Gasteiger partial charge >= 0.3 is 5.97 Å². The second-order valence-electron chi connectivity index (χ2n) is 10.2. The summed E-state index contributed by atoms with van der Waals surface area (Å²) in [6.07, 6.45) is 15.8. The van der Waals surface area contributed by atoms with E-state index in [4.69, 9.17) is 9.47 Å². The number of hydrogen-bond acceptors (Lipinski definition) is 4. The summed E-state index contributed by atoms with van der Waals surface area (Å²) in [7, 11) is 0. The molecule has 1 aliphatic heterocycles. The quantitative estimate of drug-likeness (QED) is 0.511. The van der Waals surface area contributed by atoms with Gasteiger partial charge in [-0.3, -0.25) is 4.79 Å². The van der Waals surface area contributed by atoms with Crippen LogP contribution in [0.15, 0.2) is 18.2 Å². The molecule has 1 heterocycles. The van der Waals surface area contributed by atoms with Crippen LogP contribution >= 0.6 is 0 Å². The summed E-state index contributed by atoms with van der Waals surface area (Å²) >= 11 is 0. The number of esters is 1. The minimum Gasteiger partial charge on any atom is -0.457 e. The van der Waals surface area contributed by atoms with Crippen LogP contribution in [0.1, 0.15) is 88.2 Å². The summed E-state index contributed by atoms with van der Waals surface area (Å²) in [5.41, 5.74) is 3.34. The molecule has 3 fully saturated rings. The summed E-state index contributed by atoms with van der Waals surface area (Å²) in [6.45, 7) is 1.16. The maximum absolute atomic E-state index is 12.1. The lowest BCUT2D eigenvalue weighted by Crippen LogP contribution is -2.59. The maximum atomic E-state index is 12.1. The Hall–Kier alpha value is -1.55. The average molecular weight is 412 g/mol. The van der Waals surface area contributed by atoms with E-state index in [0.717, 1.165) is 31.1 Å². The van der Waals surface area contributed by atoms with Gasteiger partial charge in [-0.05, 0) is 73.7 Å². The molecule has 0 radical (unpaired) electrons. The van der Waals surface area contributed by atoms with Gasteiger partial charge in [0, 0.05) is 17.9 Å². The predicted molar refractivity (Wildman–Crippen MR) is 118 cm³/mol. The lowest BCUT2D eigenvalue weighted by atomic mass is 9.53. The molecule has 1 N–H and O–H groups in total. The van der Waals surface area contributed by atoms with E-state index in [2.05, 4.69) is 23.5 Å². The first kappa shape index (κ1) is 20.4. The number of hydrogen-bond donors (Lipinski definition) is 1. The topological polar surface area (TPSA) is 47.6 Å². The van der Waals surface area contributed by atoms with Gasteiger partial charge in [-0.15, -0.1) is 0 Å². The van der Waals surface area contributed by atoms with Gasteiger partial charge in [-0.1, -0.05) is 51.0 Å². The summed E-state index contributed by atoms with van der Waals surface area (Å²) in [6, 6.07) is 7.22. The van der Waals surface area contributed by atoms with Crippen LogP contribution in [0.2, 0.25) is 0 Å². The van der Waals surface area contributed by atoms with E-state index in [1.807, 2.05) is 0 Å².